The van der Waals surface area contributed by atoms with Crippen LogP contribution in [0.25, 0.3) is 0 Å². The fourth-order valence-corrected chi connectivity index (χ4v) is 1.09. The molecular formula is C7H11KN2O4S2. The minimum absolute atomic E-state index is 0. The molecule has 0 unspecified atom stereocenters. The minimum Gasteiger partial charge on any atom is -0.748 e. The largest absolute Gasteiger partial charge is 1.00 e. The molecule has 16 heavy (non-hydrogen) atoms. The van der Waals surface area contributed by atoms with Gasteiger partial charge >= 0.3 is 51.4 Å². The van der Waals surface area contributed by atoms with Crippen molar-refractivity contribution >= 4 is 27.4 Å². The molecule has 0 aromatic rings. The van der Waals surface area contributed by atoms with Gasteiger partial charge in [0.2, 0.25) is 0 Å². The van der Waals surface area contributed by atoms with Crippen molar-refractivity contribution in [3.8, 4) is 12.3 Å². The van der Waals surface area contributed by atoms with Crippen LogP contribution < -0.4 is 62.0 Å². The van der Waals surface area contributed by atoms with Crippen molar-refractivity contribution < 1.29 is 69.1 Å². The smallest absolute Gasteiger partial charge is 0.748 e. The van der Waals surface area contributed by atoms with E-state index >= 15 is 0 Å². The minimum atomic E-state index is -4.21. The van der Waals surface area contributed by atoms with Crippen LogP contribution in [0.15, 0.2) is 0 Å². The van der Waals surface area contributed by atoms with Crippen molar-refractivity contribution in [1.29, 1.82) is 0 Å². The third-order valence-electron chi connectivity index (χ3n) is 1.16. The topological polar surface area (TPSA) is 90.5 Å². The Morgan fingerprint density at radius 3 is 2.62 bits per heavy atom. The molecule has 0 bridgehead atoms. The first-order chi connectivity index (χ1) is 6.95. The van der Waals surface area contributed by atoms with Gasteiger partial charge in [0.1, 0.15) is 13.3 Å². The van der Waals surface area contributed by atoms with Crippen LogP contribution in [0.4, 0.5) is 0 Å². The van der Waals surface area contributed by atoms with E-state index in [4.69, 9.17) is 23.4 Å². The quantitative estimate of drug-likeness (QED) is 0.127. The number of hydrogen-bond acceptors (Lipinski definition) is 5. The summed E-state index contributed by atoms with van der Waals surface area (Å²) in [5, 5.41) is 5.34. The molecule has 0 heterocycles. The fraction of sp³-hybridized carbons (Fsp3) is 0.571. The average molecular weight is 290 g/mol. The molecule has 0 aromatic heterocycles. The summed E-state index contributed by atoms with van der Waals surface area (Å²) in [6.45, 7) is 0.248. The standard InChI is InChI=1S/C7H12N2O4S2.K/c1-2-4-13-6-9-7(14)8-3-5-15(10,11)12;/h1H,3-6H2,(H2,8,9,14)(H,10,11,12);/q;+1/p-1. The van der Waals surface area contributed by atoms with E-state index in [1.54, 1.807) is 0 Å². The maximum atomic E-state index is 10.2. The fourth-order valence-electron chi connectivity index (χ4n) is 0.579. The van der Waals surface area contributed by atoms with E-state index in [-0.39, 0.29) is 76.4 Å². The van der Waals surface area contributed by atoms with E-state index in [1.807, 2.05) is 0 Å². The summed E-state index contributed by atoms with van der Waals surface area (Å²) in [6, 6.07) is 0. The first-order valence-corrected chi connectivity index (χ1v) is 5.91. The summed E-state index contributed by atoms with van der Waals surface area (Å²) in [6.07, 6.45) is 4.92. The maximum absolute atomic E-state index is 10.2. The third kappa shape index (κ3) is 14.8. The van der Waals surface area contributed by atoms with Crippen LogP contribution in [0.1, 0.15) is 0 Å². The van der Waals surface area contributed by atoms with E-state index in [2.05, 4.69) is 16.6 Å². The Bertz CT molecular complexity index is 339. The number of ether oxygens (including phenoxy) is 1. The zero-order valence-electron chi connectivity index (χ0n) is 8.86. The molecule has 0 radical (unpaired) electrons. The predicted octanol–water partition coefficient (Wildman–Crippen LogP) is -4.39. The SMILES string of the molecule is C#CCOCNC(=S)NCCS(=O)(=O)[O-].[K+]. The van der Waals surface area contributed by atoms with Crippen molar-refractivity contribution in [2.45, 2.75) is 0 Å². The molecule has 9 heteroatoms. The normalized spacial score (nSPS) is 9.75. The monoisotopic (exact) mass is 290 g/mol. The van der Waals surface area contributed by atoms with Crippen LogP contribution in [-0.4, -0.2) is 43.7 Å². The summed E-state index contributed by atoms with van der Waals surface area (Å²) >= 11 is 4.74. The van der Waals surface area contributed by atoms with Gasteiger partial charge in [-0.1, -0.05) is 5.92 Å². The van der Waals surface area contributed by atoms with E-state index < -0.39 is 15.9 Å². The summed E-state index contributed by atoms with van der Waals surface area (Å²) in [4.78, 5) is 0. The number of thiocarbonyl (C=S) groups is 1. The second kappa shape index (κ2) is 10.9. The van der Waals surface area contributed by atoms with Gasteiger partial charge in [-0.15, -0.1) is 6.42 Å². The molecule has 86 valence electrons. The number of rotatable bonds is 6. The van der Waals surface area contributed by atoms with Crippen LogP contribution in [-0.2, 0) is 14.9 Å². The molecule has 0 atom stereocenters. The molecule has 0 amide bonds. The Balaban J connectivity index is 0. The van der Waals surface area contributed by atoms with Gasteiger partial charge in [-0.05, 0) is 12.2 Å². The van der Waals surface area contributed by atoms with Crippen molar-refractivity contribution in [3.63, 3.8) is 0 Å². The Kier molecular flexibility index (Phi) is 13.0. The van der Waals surface area contributed by atoms with Crippen molar-refractivity contribution in [3.05, 3.63) is 0 Å². The van der Waals surface area contributed by atoms with Gasteiger partial charge in [0.25, 0.3) is 0 Å². The molecule has 6 nitrogen and oxygen atoms in total. The summed E-state index contributed by atoms with van der Waals surface area (Å²) in [5.74, 6) is 1.74. The van der Waals surface area contributed by atoms with Gasteiger partial charge in [-0.3, -0.25) is 0 Å². The van der Waals surface area contributed by atoms with Gasteiger partial charge in [-0.2, -0.15) is 0 Å². The average Bonchev–Trinajstić information content (AvgIpc) is 2.10. The molecule has 0 spiro atoms. The summed E-state index contributed by atoms with van der Waals surface area (Å²) < 4.78 is 35.5. The van der Waals surface area contributed by atoms with Crippen molar-refractivity contribution in [2.24, 2.45) is 0 Å². The predicted molar refractivity (Wildman–Crippen MR) is 58.0 cm³/mol. The molecule has 0 rings (SSSR count). The molecular weight excluding hydrogens is 279 g/mol. The third-order valence-corrected chi connectivity index (χ3v) is 2.15. The van der Waals surface area contributed by atoms with Crippen molar-refractivity contribution in [2.75, 3.05) is 25.6 Å². The summed E-state index contributed by atoms with van der Waals surface area (Å²) in [5.41, 5.74) is 0. The molecule has 0 aliphatic heterocycles. The Morgan fingerprint density at radius 2 is 2.12 bits per heavy atom. The Labute approximate surface area is 143 Å². The first kappa shape index (κ1) is 19.1. The molecule has 0 saturated carbocycles. The zero-order valence-corrected chi connectivity index (χ0v) is 13.6. The molecule has 0 fully saturated rings. The number of terminal acetylenes is 1. The Morgan fingerprint density at radius 1 is 1.50 bits per heavy atom. The van der Waals surface area contributed by atoms with Gasteiger partial charge < -0.3 is 19.9 Å². The number of nitrogens with one attached hydrogen (secondary N) is 2. The second-order valence-electron chi connectivity index (χ2n) is 2.39. The van der Waals surface area contributed by atoms with Crippen LogP contribution in [0.2, 0.25) is 0 Å². The first-order valence-electron chi connectivity index (χ1n) is 3.92. The van der Waals surface area contributed by atoms with Crippen LogP contribution >= 0.6 is 12.2 Å². The molecule has 2 N–H and O–H groups in total. The van der Waals surface area contributed by atoms with Gasteiger partial charge in [0.05, 0.1) is 15.9 Å². The molecule has 0 aliphatic carbocycles. The van der Waals surface area contributed by atoms with Gasteiger partial charge in [-0.25, -0.2) is 8.42 Å². The van der Waals surface area contributed by atoms with E-state index in [0.29, 0.717) is 0 Å². The van der Waals surface area contributed by atoms with Crippen LogP contribution in [0, 0.1) is 12.3 Å². The van der Waals surface area contributed by atoms with Gasteiger partial charge in [0, 0.05) is 6.54 Å². The molecule has 0 aromatic carbocycles. The number of hydrogen-bond donors (Lipinski definition) is 2. The second-order valence-corrected chi connectivity index (χ2v) is 4.32. The molecule has 0 aliphatic rings. The van der Waals surface area contributed by atoms with Gasteiger partial charge in [0.15, 0.2) is 5.11 Å². The molecule has 0 saturated heterocycles. The Hall–Kier alpha value is 0.756. The van der Waals surface area contributed by atoms with Crippen LogP contribution in [0.5, 0.6) is 0 Å². The zero-order chi connectivity index (χ0) is 11.7. The summed E-state index contributed by atoms with van der Waals surface area (Å²) in [7, 11) is -4.21. The van der Waals surface area contributed by atoms with Crippen molar-refractivity contribution in [1.82, 2.24) is 10.6 Å². The van der Waals surface area contributed by atoms with E-state index in [0.717, 1.165) is 0 Å². The maximum Gasteiger partial charge on any atom is 1.00 e. The van der Waals surface area contributed by atoms with E-state index in [1.165, 1.54) is 0 Å². The van der Waals surface area contributed by atoms with Crippen LogP contribution in [0.3, 0.4) is 0 Å². The van der Waals surface area contributed by atoms with E-state index in [9.17, 15) is 13.0 Å².